The van der Waals surface area contributed by atoms with E-state index in [0.717, 1.165) is 56.3 Å². The van der Waals surface area contributed by atoms with E-state index in [1.165, 1.54) is 5.56 Å². The molecule has 1 aromatic heterocycles. The molecule has 1 aromatic carbocycles. The fourth-order valence-corrected chi connectivity index (χ4v) is 3.57. The van der Waals surface area contributed by atoms with E-state index in [0.29, 0.717) is 12.0 Å². The predicted molar refractivity (Wildman–Crippen MR) is 90.9 cm³/mol. The number of fused-ring (bicyclic) bond motifs is 2. The summed E-state index contributed by atoms with van der Waals surface area (Å²) < 4.78 is 7.95. The minimum absolute atomic E-state index is 0.384. The third-order valence-electron chi connectivity index (χ3n) is 4.75. The van der Waals surface area contributed by atoms with Gasteiger partial charge in [-0.25, -0.2) is 4.68 Å². The van der Waals surface area contributed by atoms with Gasteiger partial charge in [-0.1, -0.05) is 18.2 Å². The molecule has 5 nitrogen and oxygen atoms in total. The van der Waals surface area contributed by atoms with Gasteiger partial charge >= 0.3 is 0 Å². The molecule has 0 saturated heterocycles. The summed E-state index contributed by atoms with van der Waals surface area (Å²) in [4.78, 5) is 0. The predicted octanol–water partition coefficient (Wildman–Crippen LogP) is 2.74. The molecule has 2 atom stereocenters. The molecule has 23 heavy (non-hydrogen) atoms. The number of hydrogen-bond donors (Lipinski definition) is 2. The van der Waals surface area contributed by atoms with Crippen LogP contribution in [-0.2, 0) is 6.54 Å². The Bertz CT molecular complexity index is 681. The maximum Gasteiger partial charge on any atom is 0.124 e. The van der Waals surface area contributed by atoms with Crippen LogP contribution in [0.3, 0.4) is 0 Å². The van der Waals surface area contributed by atoms with Crippen molar-refractivity contribution in [2.75, 3.05) is 25.0 Å². The van der Waals surface area contributed by atoms with Gasteiger partial charge in [-0.2, -0.15) is 5.10 Å². The van der Waals surface area contributed by atoms with Crippen LogP contribution in [0.15, 0.2) is 30.3 Å². The van der Waals surface area contributed by atoms with Gasteiger partial charge < -0.3 is 15.4 Å². The van der Waals surface area contributed by atoms with E-state index in [1.807, 2.05) is 13.0 Å². The number of nitrogens with one attached hydrogen (secondary N) is 2. The fraction of sp³-hybridized carbons (Fsp3) is 0.500. The highest BCUT2D eigenvalue weighted by Crippen LogP contribution is 2.31. The average Bonchev–Trinajstić information content (AvgIpc) is 2.81. The minimum Gasteiger partial charge on any atom is -0.493 e. The van der Waals surface area contributed by atoms with Gasteiger partial charge in [0.2, 0.25) is 0 Å². The zero-order chi connectivity index (χ0) is 15.6. The van der Waals surface area contributed by atoms with Crippen LogP contribution in [0.2, 0.25) is 0 Å². The molecule has 0 aliphatic carbocycles. The Labute approximate surface area is 137 Å². The van der Waals surface area contributed by atoms with Crippen LogP contribution in [0, 0.1) is 12.8 Å². The summed E-state index contributed by atoms with van der Waals surface area (Å²) in [6.07, 6.45) is 2.22. The second-order valence-corrected chi connectivity index (χ2v) is 6.59. The van der Waals surface area contributed by atoms with E-state index in [4.69, 9.17) is 4.74 Å². The summed E-state index contributed by atoms with van der Waals surface area (Å²) in [6, 6.07) is 10.9. The fourth-order valence-electron chi connectivity index (χ4n) is 3.57. The first-order valence-corrected chi connectivity index (χ1v) is 8.53. The van der Waals surface area contributed by atoms with Crippen molar-refractivity contribution in [2.24, 2.45) is 5.92 Å². The molecule has 0 fully saturated rings. The van der Waals surface area contributed by atoms with Gasteiger partial charge in [-0.3, -0.25) is 0 Å². The lowest BCUT2D eigenvalue weighted by atomic mass is 10.0. The molecule has 5 heteroatoms. The van der Waals surface area contributed by atoms with Crippen LogP contribution >= 0.6 is 0 Å². The van der Waals surface area contributed by atoms with Gasteiger partial charge in [0, 0.05) is 43.2 Å². The molecule has 4 rings (SSSR count). The summed E-state index contributed by atoms with van der Waals surface area (Å²) in [5, 5.41) is 11.8. The lowest BCUT2D eigenvalue weighted by molar-refractivity contribution is 0.313. The van der Waals surface area contributed by atoms with Crippen molar-refractivity contribution in [2.45, 2.75) is 32.4 Å². The minimum atomic E-state index is 0.384. The molecule has 0 amide bonds. The molecule has 2 aliphatic rings. The zero-order valence-corrected chi connectivity index (χ0v) is 13.6. The maximum atomic E-state index is 5.85. The number of aryl methyl sites for hydroxylation is 1. The van der Waals surface area contributed by atoms with Gasteiger partial charge in [0.15, 0.2) is 0 Å². The second-order valence-electron chi connectivity index (χ2n) is 6.59. The van der Waals surface area contributed by atoms with E-state index < -0.39 is 0 Å². The average molecular weight is 312 g/mol. The van der Waals surface area contributed by atoms with Crippen LogP contribution in [0.1, 0.15) is 30.1 Å². The van der Waals surface area contributed by atoms with Gasteiger partial charge in [-0.15, -0.1) is 0 Å². The van der Waals surface area contributed by atoms with Gasteiger partial charge in [0.1, 0.15) is 11.6 Å². The Morgan fingerprint density at radius 1 is 1.39 bits per heavy atom. The number of anilines is 1. The molecule has 2 aliphatic heterocycles. The summed E-state index contributed by atoms with van der Waals surface area (Å²) >= 11 is 0. The van der Waals surface area contributed by atoms with Crippen LogP contribution < -0.4 is 15.4 Å². The van der Waals surface area contributed by atoms with Gasteiger partial charge in [0.25, 0.3) is 0 Å². The molecular weight excluding hydrogens is 288 g/mol. The van der Waals surface area contributed by atoms with Crippen LogP contribution in [-0.4, -0.2) is 29.5 Å². The number of benzene rings is 1. The quantitative estimate of drug-likeness (QED) is 0.915. The number of ether oxygens (including phenoxy) is 1. The lowest BCUT2D eigenvalue weighted by Gasteiger charge is -2.27. The Morgan fingerprint density at radius 3 is 3.26 bits per heavy atom. The Hall–Kier alpha value is -2.01. The number of aromatic nitrogens is 2. The smallest absolute Gasteiger partial charge is 0.124 e. The SMILES string of the molecule is Cc1cc2n(n1)C[C@H](CN[C@H]1CCCOc3ccccc31)CN2. The van der Waals surface area contributed by atoms with Crippen LogP contribution in [0.25, 0.3) is 0 Å². The van der Waals surface area contributed by atoms with Gasteiger partial charge in [0.05, 0.1) is 12.3 Å². The molecule has 2 aromatic rings. The standard InChI is InChI=1S/C18H24N4O/c1-13-9-18-20-11-14(12-22(18)21-13)10-19-16-6-4-8-23-17-7-3-2-5-15(16)17/h2-3,5,7,9,14,16,19-20H,4,6,8,10-12H2,1H3/t14-,16+/m1/s1. The van der Waals surface area contributed by atoms with E-state index >= 15 is 0 Å². The normalized spacial score (nSPS) is 23.2. The highest BCUT2D eigenvalue weighted by atomic mass is 16.5. The molecule has 0 radical (unpaired) electrons. The molecule has 2 N–H and O–H groups in total. The first-order chi connectivity index (χ1) is 11.3. The van der Waals surface area contributed by atoms with Crippen molar-refractivity contribution in [1.82, 2.24) is 15.1 Å². The summed E-state index contributed by atoms with van der Waals surface area (Å²) in [7, 11) is 0. The second kappa shape index (κ2) is 6.24. The number of hydrogen-bond acceptors (Lipinski definition) is 4. The number of nitrogens with zero attached hydrogens (tertiary/aromatic N) is 2. The van der Waals surface area contributed by atoms with E-state index in [2.05, 4.69) is 44.7 Å². The summed E-state index contributed by atoms with van der Waals surface area (Å²) in [6.45, 7) is 5.83. The molecule has 3 heterocycles. The van der Waals surface area contributed by atoms with Crippen LogP contribution in [0.5, 0.6) is 5.75 Å². The van der Waals surface area contributed by atoms with E-state index in [9.17, 15) is 0 Å². The first kappa shape index (κ1) is 14.6. The van der Waals surface area contributed by atoms with Crippen molar-refractivity contribution < 1.29 is 4.74 Å². The lowest BCUT2D eigenvalue weighted by Crippen LogP contribution is -2.36. The Morgan fingerprint density at radius 2 is 2.30 bits per heavy atom. The van der Waals surface area contributed by atoms with Crippen molar-refractivity contribution >= 4 is 5.82 Å². The molecule has 122 valence electrons. The highest BCUT2D eigenvalue weighted by molar-refractivity contribution is 5.38. The number of para-hydroxylation sites is 1. The van der Waals surface area contributed by atoms with E-state index in [1.54, 1.807) is 0 Å². The third-order valence-corrected chi connectivity index (χ3v) is 4.75. The number of rotatable bonds is 3. The van der Waals surface area contributed by atoms with Crippen molar-refractivity contribution in [3.05, 3.63) is 41.6 Å². The third kappa shape index (κ3) is 3.06. The van der Waals surface area contributed by atoms with Gasteiger partial charge in [-0.05, 0) is 25.8 Å². The van der Waals surface area contributed by atoms with Crippen LogP contribution in [0.4, 0.5) is 5.82 Å². The van der Waals surface area contributed by atoms with Crippen molar-refractivity contribution in [3.8, 4) is 5.75 Å². The van der Waals surface area contributed by atoms with Crippen molar-refractivity contribution in [1.29, 1.82) is 0 Å². The Kier molecular flexibility index (Phi) is 3.95. The van der Waals surface area contributed by atoms with Crippen molar-refractivity contribution in [3.63, 3.8) is 0 Å². The Balaban J connectivity index is 1.41. The monoisotopic (exact) mass is 312 g/mol. The van der Waals surface area contributed by atoms with E-state index in [-0.39, 0.29) is 0 Å². The highest BCUT2D eigenvalue weighted by Gasteiger charge is 2.23. The molecule has 0 bridgehead atoms. The molecular formula is C18H24N4O. The summed E-state index contributed by atoms with van der Waals surface area (Å²) in [5.41, 5.74) is 2.38. The molecule has 0 spiro atoms. The zero-order valence-electron chi connectivity index (χ0n) is 13.6. The largest absolute Gasteiger partial charge is 0.493 e. The maximum absolute atomic E-state index is 5.85. The topological polar surface area (TPSA) is 51.1 Å². The summed E-state index contributed by atoms with van der Waals surface area (Å²) in [5.74, 6) is 2.74. The molecule has 0 unspecified atom stereocenters. The first-order valence-electron chi connectivity index (χ1n) is 8.53. The molecule has 0 saturated carbocycles.